The van der Waals surface area contributed by atoms with Gasteiger partial charge in [0.2, 0.25) is 0 Å². The molecule has 0 spiro atoms. The molecule has 0 saturated carbocycles. The summed E-state index contributed by atoms with van der Waals surface area (Å²) in [4.78, 5) is 11.2. The van der Waals surface area contributed by atoms with Crippen LogP contribution in [0.25, 0.3) is 0 Å². The summed E-state index contributed by atoms with van der Waals surface area (Å²) in [6.45, 7) is 5.80. The van der Waals surface area contributed by atoms with Gasteiger partial charge in [-0.3, -0.25) is 0 Å². The topological polar surface area (TPSA) is 49.3 Å². The molecule has 14 heavy (non-hydrogen) atoms. The standard InChI is InChI=1S/C10H15NO2S/c1-7(2)5-11-6-8-3-4-14-9(8)10(12)13/h3-4,7,11H,5-6H2,1-2H3,(H,12,13). The molecule has 0 bridgehead atoms. The van der Waals surface area contributed by atoms with E-state index in [-0.39, 0.29) is 0 Å². The number of aromatic carboxylic acids is 1. The van der Waals surface area contributed by atoms with Gasteiger partial charge in [-0.1, -0.05) is 13.8 Å². The summed E-state index contributed by atoms with van der Waals surface area (Å²) in [7, 11) is 0. The van der Waals surface area contributed by atoms with Crippen molar-refractivity contribution in [3.8, 4) is 0 Å². The normalized spacial score (nSPS) is 10.8. The van der Waals surface area contributed by atoms with E-state index in [0.717, 1.165) is 12.1 Å². The van der Waals surface area contributed by atoms with E-state index in [2.05, 4.69) is 19.2 Å². The van der Waals surface area contributed by atoms with Crippen LogP contribution in [0.5, 0.6) is 0 Å². The molecule has 0 aliphatic carbocycles. The Morgan fingerprint density at radius 3 is 2.93 bits per heavy atom. The van der Waals surface area contributed by atoms with Crippen LogP contribution in [0.3, 0.4) is 0 Å². The second-order valence-electron chi connectivity index (χ2n) is 3.60. The summed E-state index contributed by atoms with van der Waals surface area (Å²) >= 11 is 1.28. The first kappa shape index (κ1) is 11.2. The Morgan fingerprint density at radius 1 is 1.64 bits per heavy atom. The highest BCUT2D eigenvalue weighted by molar-refractivity contribution is 7.12. The summed E-state index contributed by atoms with van der Waals surface area (Å²) in [5.74, 6) is -0.247. The summed E-state index contributed by atoms with van der Waals surface area (Å²) in [5, 5.41) is 13.9. The molecule has 0 aromatic carbocycles. The second-order valence-corrected chi connectivity index (χ2v) is 4.52. The first-order valence-corrected chi connectivity index (χ1v) is 5.49. The van der Waals surface area contributed by atoms with Crippen molar-refractivity contribution in [1.82, 2.24) is 5.32 Å². The Bertz CT molecular complexity index is 307. The third-order valence-corrected chi connectivity index (χ3v) is 2.75. The number of rotatable bonds is 5. The predicted molar refractivity (Wildman–Crippen MR) is 57.8 cm³/mol. The largest absolute Gasteiger partial charge is 0.477 e. The fourth-order valence-corrected chi connectivity index (χ4v) is 1.92. The fraction of sp³-hybridized carbons (Fsp3) is 0.500. The van der Waals surface area contributed by atoms with Crippen molar-refractivity contribution in [3.63, 3.8) is 0 Å². The van der Waals surface area contributed by atoms with E-state index in [4.69, 9.17) is 5.11 Å². The van der Waals surface area contributed by atoms with Gasteiger partial charge < -0.3 is 10.4 Å². The van der Waals surface area contributed by atoms with Crippen LogP contribution in [0.2, 0.25) is 0 Å². The minimum absolute atomic E-state index is 0.446. The number of carbonyl (C=O) groups is 1. The van der Waals surface area contributed by atoms with Crippen LogP contribution in [-0.2, 0) is 6.54 Å². The Kier molecular flexibility index (Phi) is 4.10. The van der Waals surface area contributed by atoms with Crippen LogP contribution in [0.15, 0.2) is 11.4 Å². The van der Waals surface area contributed by atoms with E-state index < -0.39 is 5.97 Å². The van der Waals surface area contributed by atoms with Crippen molar-refractivity contribution in [2.24, 2.45) is 5.92 Å². The molecule has 0 unspecified atom stereocenters. The molecule has 1 aromatic rings. The minimum atomic E-state index is -0.832. The maximum absolute atomic E-state index is 10.8. The average Bonchev–Trinajstić information content (AvgIpc) is 2.51. The van der Waals surface area contributed by atoms with E-state index in [1.807, 2.05) is 11.4 Å². The van der Waals surface area contributed by atoms with E-state index in [1.54, 1.807) is 0 Å². The number of thiophene rings is 1. The molecule has 78 valence electrons. The van der Waals surface area contributed by atoms with Gasteiger partial charge in [-0.2, -0.15) is 0 Å². The first-order chi connectivity index (χ1) is 6.61. The van der Waals surface area contributed by atoms with Crippen LogP contribution < -0.4 is 5.32 Å². The zero-order valence-electron chi connectivity index (χ0n) is 8.41. The zero-order valence-corrected chi connectivity index (χ0v) is 9.23. The highest BCUT2D eigenvalue weighted by Gasteiger charge is 2.10. The molecule has 0 radical (unpaired) electrons. The Hall–Kier alpha value is -0.870. The molecule has 3 nitrogen and oxygen atoms in total. The Morgan fingerprint density at radius 2 is 2.36 bits per heavy atom. The van der Waals surface area contributed by atoms with Gasteiger partial charge in [0.25, 0.3) is 0 Å². The SMILES string of the molecule is CC(C)CNCc1ccsc1C(=O)O. The van der Waals surface area contributed by atoms with Crippen LogP contribution in [-0.4, -0.2) is 17.6 Å². The predicted octanol–water partition coefficient (Wildman–Crippen LogP) is 2.19. The van der Waals surface area contributed by atoms with Gasteiger partial charge in [-0.05, 0) is 29.5 Å². The summed E-state index contributed by atoms with van der Waals surface area (Å²) in [6.07, 6.45) is 0. The molecule has 2 N–H and O–H groups in total. The molecule has 0 fully saturated rings. The van der Waals surface area contributed by atoms with Gasteiger partial charge in [-0.25, -0.2) is 4.79 Å². The number of hydrogen-bond donors (Lipinski definition) is 2. The Balaban J connectivity index is 2.50. The van der Waals surface area contributed by atoms with Crippen LogP contribution in [0, 0.1) is 5.92 Å². The third kappa shape index (κ3) is 3.12. The van der Waals surface area contributed by atoms with Gasteiger partial charge in [0.1, 0.15) is 4.88 Å². The molecule has 0 atom stereocenters. The van der Waals surface area contributed by atoms with E-state index in [0.29, 0.717) is 17.3 Å². The second kappa shape index (κ2) is 5.12. The van der Waals surface area contributed by atoms with Crippen molar-refractivity contribution < 1.29 is 9.90 Å². The number of carboxylic acids is 1. The lowest BCUT2D eigenvalue weighted by Gasteiger charge is -2.06. The number of nitrogens with one attached hydrogen (secondary N) is 1. The maximum Gasteiger partial charge on any atom is 0.346 e. The molecular weight excluding hydrogens is 198 g/mol. The molecule has 0 aliphatic rings. The summed E-state index contributed by atoms with van der Waals surface area (Å²) in [5.41, 5.74) is 0.878. The van der Waals surface area contributed by atoms with Crippen molar-refractivity contribution in [2.45, 2.75) is 20.4 Å². The summed E-state index contributed by atoms with van der Waals surface area (Å²) < 4.78 is 0. The maximum atomic E-state index is 10.8. The zero-order chi connectivity index (χ0) is 10.6. The van der Waals surface area contributed by atoms with Crippen molar-refractivity contribution >= 4 is 17.3 Å². The van der Waals surface area contributed by atoms with Gasteiger partial charge in [-0.15, -0.1) is 11.3 Å². The Labute approximate surface area is 87.8 Å². The van der Waals surface area contributed by atoms with Crippen LogP contribution in [0.1, 0.15) is 29.1 Å². The number of carboxylic acid groups (broad SMARTS) is 1. The van der Waals surface area contributed by atoms with Gasteiger partial charge in [0.15, 0.2) is 0 Å². The molecule has 0 amide bonds. The molecular formula is C10H15NO2S. The van der Waals surface area contributed by atoms with E-state index >= 15 is 0 Å². The molecule has 1 heterocycles. The van der Waals surface area contributed by atoms with Gasteiger partial charge in [0, 0.05) is 6.54 Å². The highest BCUT2D eigenvalue weighted by atomic mass is 32.1. The third-order valence-electron chi connectivity index (χ3n) is 1.81. The quantitative estimate of drug-likeness (QED) is 0.788. The average molecular weight is 213 g/mol. The highest BCUT2D eigenvalue weighted by Crippen LogP contribution is 2.16. The monoisotopic (exact) mass is 213 g/mol. The van der Waals surface area contributed by atoms with E-state index in [1.165, 1.54) is 11.3 Å². The molecule has 1 rings (SSSR count). The fourth-order valence-electron chi connectivity index (χ4n) is 1.16. The lowest BCUT2D eigenvalue weighted by molar-refractivity contribution is 0.0701. The van der Waals surface area contributed by atoms with E-state index in [9.17, 15) is 4.79 Å². The van der Waals surface area contributed by atoms with Crippen molar-refractivity contribution in [3.05, 3.63) is 21.9 Å². The number of hydrogen-bond acceptors (Lipinski definition) is 3. The molecule has 1 aromatic heterocycles. The molecule has 0 saturated heterocycles. The van der Waals surface area contributed by atoms with Gasteiger partial charge in [0.05, 0.1) is 0 Å². The smallest absolute Gasteiger partial charge is 0.346 e. The minimum Gasteiger partial charge on any atom is -0.477 e. The first-order valence-electron chi connectivity index (χ1n) is 4.61. The van der Waals surface area contributed by atoms with Crippen molar-refractivity contribution in [2.75, 3.05) is 6.54 Å². The molecule has 0 aliphatic heterocycles. The lowest BCUT2D eigenvalue weighted by Crippen LogP contribution is -2.19. The van der Waals surface area contributed by atoms with Crippen LogP contribution in [0.4, 0.5) is 0 Å². The molecule has 4 heteroatoms. The van der Waals surface area contributed by atoms with Crippen molar-refractivity contribution in [1.29, 1.82) is 0 Å². The lowest BCUT2D eigenvalue weighted by atomic mass is 10.2. The van der Waals surface area contributed by atoms with Gasteiger partial charge >= 0.3 is 5.97 Å². The van der Waals surface area contributed by atoms with Crippen LogP contribution >= 0.6 is 11.3 Å². The summed E-state index contributed by atoms with van der Waals surface area (Å²) in [6, 6.07) is 1.86.